The molecule has 4 aliphatic rings. The van der Waals surface area contributed by atoms with Crippen LogP contribution in [0.25, 0.3) is 0 Å². The van der Waals surface area contributed by atoms with Crippen LogP contribution in [0.3, 0.4) is 0 Å². The molecule has 6 unspecified atom stereocenters. The van der Waals surface area contributed by atoms with Crippen LogP contribution in [0.15, 0.2) is 35.5 Å². The van der Waals surface area contributed by atoms with E-state index in [4.69, 9.17) is 4.74 Å². The third-order valence-corrected chi connectivity index (χ3v) is 8.41. The summed E-state index contributed by atoms with van der Waals surface area (Å²) in [7, 11) is 0. The maximum Gasteiger partial charge on any atom is 0.303 e. The molecule has 0 aliphatic heterocycles. The van der Waals surface area contributed by atoms with Gasteiger partial charge in [-0.25, -0.2) is 0 Å². The lowest BCUT2D eigenvalue weighted by molar-refractivity contribution is -0.148. The fourth-order valence-corrected chi connectivity index (χ4v) is 7.00. The summed E-state index contributed by atoms with van der Waals surface area (Å²) in [5, 5.41) is 0. The van der Waals surface area contributed by atoms with Gasteiger partial charge in [-0.1, -0.05) is 43.6 Å². The summed E-state index contributed by atoms with van der Waals surface area (Å²) in [5.74, 6) is 0.990. The fourth-order valence-electron chi connectivity index (χ4n) is 7.00. The van der Waals surface area contributed by atoms with Crippen LogP contribution in [0.5, 0.6) is 0 Å². The SMILES string of the molecule is CCC1CC2C3CCC4=CC(=O)C=CC4(C)C3=CCC2(C)C1C(=O)COC(C)=O. The number of fused-ring (bicyclic) bond motifs is 5. The Labute approximate surface area is 173 Å². The number of carbonyl (C=O) groups is 3. The summed E-state index contributed by atoms with van der Waals surface area (Å²) >= 11 is 0. The zero-order chi connectivity index (χ0) is 21.0. The molecule has 4 aliphatic carbocycles. The van der Waals surface area contributed by atoms with Crippen LogP contribution in [-0.4, -0.2) is 24.1 Å². The Balaban J connectivity index is 1.68. The van der Waals surface area contributed by atoms with E-state index < -0.39 is 5.97 Å². The van der Waals surface area contributed by atoms with E-state index in [0.29, 0.717) is 17.8 Å². The fraction of sp³-hybridized carbons (Fsp3) is 0.640. The van der Waals surface area contributed by atoms with Gasteiger partial charge in [0.15, 0.2) is 11.6 Å². The average molecular weight is 397 g/mol. The van der Waals surface area contributed by atoms with E-state index in [2.05, 4.69) is 32.9 Å². The third kappa shape index (κ3) is 3.06. The predicted molar refractivity (Wildman–Crippen MR) is 111 cm³/mol. The van der Waals surface area contributed by atoms with E-state index in [9.17, 15) is 14.4 Å². The van der Waals surface area contributed by atoms with Gasteiger partial charge in [0.1, 0.15) is 6.61 Å². The van der Waals surface area contributed by atoms with Gasteiger partial charge >= 0.3 is 5.97 Å². The molecule has 0 aromatic carbocycles. The van der Waals surface area contributed by atoms with Crippen molar-refractivity contribution in [2.45, 2.75) is 59.8 Å². The molecule has 0 heterocycles. The molecule has 2 fully saturated rings. The van der Waals surface area contributed by atoms with Crippen molar-refractivity contribution in [2.75, 3.05) is 6.61 Å². The van der Waals surface area contributed by atoms with Crippen molar-refractivity contribution in [1.29, 1.82) is 0 Å². The Morgan fingerprint density at radius 3 is 2.72 bits per heavy atom. The van der Waals surface area contributed by atoms with Crippen LogP contribution in [0.2, 0.25) is 0 Å². The van der Waals surface area contributed by atoms with Crippen LogP contribution in [0.4, 0.5) is 0 Å². The molecule has 4 nitrogen and oxygen atoms in total. The number of rotatable bonds is 4. The molecule has 0 N–H and O–H groups in total. The molecular formula is C25H32O4. The second kappa shape index (κ2) is 7.07. The molecule has 2 saturated carbocycles. The highest BCUT2D eigenvalue weighted by molar-refractivity contribution is 6.01. The van der Waals surface area contributed by atoms with E-state index in [1.807, 2.05) is 6.08 Å². The standard InChI is InChI=1S/C25H32O4/c1-5-16-12-21-19-7-6-17-13-18(27)8-10-24(17,3)20(19)9-11-25(21,4)23(16)22(28)14-29-15(2)26/h8-10,13,16,19,21,23H,5-7,11-12,14H2,1-4H3. The van der Waals surface area contributed by atoms with Gasteiger partial charge in [0, 0.05) is 18.3 Å². The van der Waals surface area contributed by atoms with Gasteiger partial charge in [-0.2, -0.15) is 0 Å². The summed E-state index contributed by atoms with van der Waals surface area (Å²) in [6.45, 7) is 7.96. The van der Waals surface area contributed by atoms with E-state index >= 15 is 0 Å². The van der Waals surface area contributed by atoms with E-state index in [-0.39, 0.29) is 34.9 Å². The number of esters is 1. The maximum atomic E-state index is 13.1. The van der Waals surface area contributed by atoms with Crippen LogP contribution in [-0.2, 0) is 19.1 Å². The van der Waals surface area contributed by atoms with Gasteiger partial charge < -0.3 is 4.74 Å². The maximum absolute atomic E-state index is 13.1. The molecule has 4 rings (SSSR count). The number of Topliss-reactive ketones (excluding diaryl/α,β-unsaturated/α-hetero) is 1. The minimum atomic E-state index is -0.393. The van der Waals surface area contributed by atoms with Crippen molar-refractivity contribution in [1.82, 2.24) is 0 Å². The first-order valence-corrected chi connectivity index (χ1v) is 11.0. The Hall–Kier alpha value is -1.97. The van der Waals surface area contributed by atoms with E-state index in [1.165, 1.54) is 18.1 Å². The van der Waals surface area contributed by atoms with E-state index in [0.717, 1.165) is 32.1 Å². The highest BCUT2D eigenvalue weighted by atomic mass is 16.5. The molecule has 4 heteroatoms. The monoisotopic (exact) mass is 396 g/mol. The van der Waals surface area contributed by atoms with Crippen molar-refractivity contribution >= 4 is 17.5 Å². The highest BCUT2D eigenvalue weighted by Crippen LogP contribution is 2.65. The first-order chi connectivity index (χ1) is 13.7. The van der Waals surface area contributed by atoms with Gasteiger partial charge in [0.2, 0.25) is 0 Å². The van der Waals surface area contributed by atoms with Crippen molar-refractivity contribution in [3.05, 3.63) is 35.5 Å². The first-order valence-electron chi connectivity index (χ1n) is 11.0. The number of hydrogen-bond acceptors (Lipinski definition) is 4. The quantitative estimate of drug-likeness (QED) is 0.515. The Bertz CT molecular complexity index is 847. The van der Waals surface area contributed by atoms with Crippen molar-refractivity contribution < 1.29 is 19.1 Å². The van der Waals surface area contributed by atoms with Crippen molar-refractivity contribution in [3.8, 4) is 0 Å². The van der Waals surface area contributed by atoms with Crippen LogP contribution < -0.4 is 0 Å². The number of hydrogen-bond donors (Lipinski definition) is 0. The van der Waals surface area contributed by atoms with Crippen molar-refractivity contribution in [3.63, 3.8) is 0 Å². The lowest BCUT2D eigenvalue weighted by Gasteiger charge is -2.52. The van der Waals surface area contributed by atoms with Crippen LogP contribution in [0.1, 0.15) is 59.8 Å². The second-order valence-corrected chi connectivity index (χ2v) is 9.86. The van der Waals surface area contributed by atoms with E-state index in [1.54, 1.807) is 6.08 Å². The minimum absolute atomic E-state index is 0.0529. The minimum Gasteiger partial charge on any atom is -0.458 e. The average Bonchev–Trinajstić information content (AvgIpc) is 2.99. The van der Waals surface area contributed by atoms with Gasteiger partial charge in [0.25, 0.3) is 0 Å². The zero-order valence-electron chi connectivity index (χ0n) is 18.0. The third-order valence-electron chi connectivity index (χ3n) is 8.41. The van der Waals surface area contributed by atoms with Crippen LogP contribution >= 0.6 is 0 Å². The molecule has 156 valence electrons. The summed E-state index contributed by atoms with van der Waals surface area (Å²) in [6, 6.07) is 0. The molecule has 0 radical (unpaired) electrons. The lowest BCUT2D eigenvalue weighted by Crippen LogP contribution is -2.45. The smallest absolute Gasteiger partial charge is 0.303 e. The van der Waals surface area contributed by atoms with Crippen LogP contribution in [0, 0.1) is 34.5 Å². The Morgan fingerprint density at radius 1 is 1.28 bits per heavy atom. The highest BCUT2D eigenvalue weighted by Gasteiger charge is 2.59. The van der Waals surface area contributed by atoms with Gasteiger partial charge in [0.05, 0.1) is 0 Å². The topological polar surface area (TPSA) is 60.4 Å². The normalized spacial score (nSPS) is 40.3. The largest absolute Gasteiger partial charge is 0.458 e. The Morgan fingerprint density at radius 2 is 2.03 bits per heavy atom. The molecular weight excluding hydrogens is 364 g/mol. The van der Waals surface area contributed by atoms with Gasteiger partial charge in [-0.15, -0.1) is 0 Å². The zero-order valence-corrected chi connectivity index (χ0v) is 18.0. The lowest BCUT2D eigenvalue weighted by atomic mass is 9.52. The molecule has 0 aromatic heterocycles. The predicted octanol–water partition coefficient (Wildman–Crippen LogP) is 4.60. The molecule has 29 heavy (non-hydrogen) atoms. The molecule has 0 amide bonds. The summed E-state index contributed by atoms with van der Waals surface area (Å²) in [5.41, 5.74) is 2.45. The van der Waals surface area contributed by atoms with Gasteiger partial charge in [-0.05, 0) is 67.9 Å². The summed E-state index contributed by atoms with van der Waals surface area (Å²) < 4.78 is 5.08. The number of allylic oxidation sites excluding steroid dienone is 6. The summed E-state index contributed by atoms with van der Waals surface area (Å²) in [6.07, 6.45) is 12.9. The summed E-state index contributed by atoms with van der Waals surface area (Å²) in [4.78, 5) is 36.3. The number of ketones is 2. The molecule has 0 bridgehead atoms. The Kier molecular flexibility index (Phi) is 4.95. The molecule has 6 atom stereocenters. The van der Waals surface area contributed by atoms with Crippen molar-refractivity contribution in [2.24, 2.45) is 34.5 Å². The first kappa shape index (κ1) is 20.3. The molecule has 0 spiro atoms. The number of ether oxygens (including phenoxy) is 1. The molecule has 0 saturated heterocycles. The molecule has 0 aromatic rings. The van der Waals surface area contributed by atoms with Gasteiger partial charge in [-0.3, -0.25) is 14.4 Å². The number of carbonyl (C=O) groups excluding carboxylic acids is 3. The second-order valence-electron chi connectivity index (χ2n) is 9.86.